The van der Waals surface area contributed by atoms with Gasteiger partial charge in [-0.15, -0.1) is 12.4 Å². The highest BCUT2D eigenvalue weighted by molar-refractivity contribution is 6.32. The number of nitrogens with one attached hydrogen (secondary N) is 1. The maximum absolute atomic E-state index is 12.6. The van der Waals surface area contributed by atoms with Crippen molar-refractivity contribution >= 4 is 41.6 Å². The first kappa shape index (κ1) is 21.8. The van der Waals surface area contributed by atoms with Crippen molar-refractivity contribution in [3.63, 3.8) is 0 Å². The lowest BCUT2D eigenvalue weighted by Gasteiger charge is -2.32. The number of carbonyl (C=O) groups excluding carboxylic acids is 1. The fourth-order valence-corrected chi connectivity index (χ4v) is 3.56. The third kappa shape index (κ3) is 4.98. The van der Waals surface area contributed by atoms with Gasteiger partial charge in [0.15, 0.2) is 0 Å². The summed E-state index contributed by atoms with van der Waals surface area (Å²) < 4.78 is 0. The van der Waals surface area contributed by atoms with E-state index in [2.05, 4.69) is 20.3 Å². The molecular formula is C21H22Cl2N6O. The zero-order valence-corrected chi connectivity index (χ0v) is 17.7. The predicted molar refractivity (Wildman–Crippen MR) is 121 cm³/mol. The molecule has 0 unspecified atom stereocenters. The van der Waals surface area contributed by atoms with Crippen LogP contribution in [0.1, 0.15) is 23.2 Å². The summed E-state index contributed by atoms with van der Waals surface area (Å²) in [5.41, 5.74) is 8.49. The summed E-state index contributed by atoms with van der Waals surface area (Å²) in [5, 5.41) is 3.85. The largest absolute Gasteiger partial charge is 0.399 e. The van der Waals surface area contributed by atoms with E-state index in [1.165, 1.54) is 0 Å². The minimum absolute atomic E-state index is 0. The van der Waals surface area contributed by atoms with Crippen LogP contribution in [0.5, 0.6) is 0 Å². The van der Waals surface area contributed by atoms with E-state index >= 15 is 0 Å². The predicted octanol–water partition coefficient (Wildman–Crippen LogP) is 3.91. The normalized spacial score (nSPS) is 14.1. The molecule has 0 saturated carbocycles. The van der Waals surface area contributed by atoms with Crippen LogP contribution >= 0.6 is 24.0 Å². The first-order valence-corrected chi connectivity index (χ1v) is 9.82. The molecule has 1 fully saturated rings. The van der Waals surface area contributed by atoms with Gasteiger partial charge < -0.3 is 16.0 Å². The fourth-order valence-electron chi connectivity index (χ4n) is 3.36. The maximum Gasteiger partial charge on any atom is 0.253 e. The molecule has 1 aliphatic rings. The zero-order valence-electron chi connectivity index (χ0n) is 16.2. The van der Waals surface area contributed by atoms with Gasteiger partial charge in [0.05, 0.1) is 16.9 Å². The van der Waals surface area contributed by atoms with E-state index in [-0.39, 0.29) is 24.4 Å². The number of benzene rings is 1. The van der Waals surface area contributed by atoms with Gasteiger partial charge in [-0.25, -0.2) is 9.97 Å². The van der Waals surface area contributed by atoms with Crippen LogP contribution in [-0.2, 0) is 0 Å². The number of halogens is 2. The molecule has 1 aliphatic heterocycles. The second-order valence-electron chi connectivity index (χ2n) is 6.96. The number of nitrogens with zero attached hydrogens (tertiary/aromatic N) is 4. The Hall–Kier alpha value is -2.90. The number of aromatic nitrogens is 3. The van der Waals surface area contributed by atoms with Crippen molar-refractivity contribution in [3.05, 3.63) is 65.6 Å². The number of nitrogens with two attached hydrogens (primary N) is 1. The molecule has 4 rings (SSSR count). The monoisotopic (exact) mass is 444 g/mol. The number of nitrogen functional groups attached to an aromatic ring is 1. The third-order valence-corrected chi connectivity index (χ3v) is 5.23. The lowest BCUT2D eigenvalue weighted by atomic mass is 10.0. The Balaban J connectivity index is 0.00000256. The van der Waals surface area contributed by atoms with Crippen LogP contribution in [0.25, 0.3) is 11.3 Å². The van der Waals surface area contributed by atoms with Crippen LogP contribution < -0.4 is 11.1 Å². The number of hydrogen-bond acceptors (Lipinski definition) is 6. The quantitative estimate of drug-likeness (QED) is 0.591. The number of likely N-dealkylation sites (tertiary alicyclic amines) is 1. The molecule has 3 heterocycles. The van der Waals surface area contributed by atoms with E-state index in [1.807, 2.05) is 17.0 Å². The second-order valence-corrected chi connectivity index (χ2v) is 7.37. The molecule has 9 heteroatoms. The van der Waals surface area contributed by atoms with Gasteiger partial charge in [0.1, 0.15) is 0 Å². The Morgan fingerprint density at radius 1 is 1.13 bits per heavy atom. The molecule has 0 bridgehead atoms. The molecule has 0 aliphatic carbocycles. The number of amides is 1. The van der Waals surface area contributed by atoms with Crippen LogP contribution in [0.4, 0.5) is 11.6 Å². The third-order valence-electron chi connectivity index (χ3n) is 4.95. The standard InChI is InChI=1S/C21H21ClN6O.ClH/c22-18-13-25-21(27-19(18)15-2-1-9-24-12-15)26-17-7-10-28(11-8-17)20(29)14-3-5-16(23)6-4-14;/h1-6,9,12-13,17H,7-8,10-11,23H2,(H,25,26,27);1H. The summed E-state index contributed by atoms with van der Waals surface area (Å²) >= 11 is 6.26. The average Bonchev–Trinajstić information content (AvgIpc) is 2.76. The van der Waals surface area contributed by atoms with Gasteiger partial charge in [0, 0.05) is 48.3 Å². The first-order chi connectivity index (χ1) is 14.1. The van der Waals surface area contributed by atoms with Crippen molar-refractivity contribution in [3.8, 4) is 11.3 Å². The highest BCUT2D eigenvalue weighted by atomic mass is 35.5. The van der Waals surface area contributed by atoms with Crippen molar-refractivity contribution < 1.29 is 4.79 Å². The molecule has 1 saturated heterocycles. The van der Waals surface area contributed by atoms with Crippen molar-refractivity contribution in [2.24, 2.45) is 0 Å². The molecule has 1 aromatic carbocycles. The summed E-state index contributed by atoms with van der Waals surface area (Å²) in [4.78, 5) is 27.5. The highest BCUT2D eigenvalue weighted by Crippen LogP contribution is 2.26. The molecule has 156 valence electrons. The molecule has 0 atom stereocenters. The topological polar surface area (TPSA) is 97.0 Å². The molecule has 0 spiro atoms. The van der Waals surface area contributed by atoms with Crippen molar-refractivity contribution in [1.29, 1.82) is 0 Å². The molecule has 3 aromatic rings. The number of anilines is 2. The number of carbonyl (C=O) groups is 1. The van der Waals surface area contributed by atoms with Crippen LogP contribution in [0, 0.1) is 0 Å². The second kappa shape index (κ2) is 9.73. The minimum Gasteiger partial charge on any atom is -0.399 e. The number of pyridine rings is 1. The average molecular weight is 445 g/mol. The smallest absolute Gasteiger partial charge is 0.253 e. The van der Waals surface area contributed by atoms with E-state index in [4.69, 9.17) is 17.3 Å². The Morgan fingerprint density at radius 2 is 1.87 bits per heavy atom. The first-order valence-electron chi connectivity index (χ1n) is 9.44. The molecule has 0 radical (unpaired) electrons. The SMILES string of the molecule is Cl.Nc1ccc(C(=O)N2CCC(Nc3ncc(Cl)c(-c4cccnc4)n3)CC2)cc1. The van der Waals surface area contributed by atoms with Crippen molar-refractivity contribution in [1.82, 2.24) is 19.9 Å². The number of rotatable bonds is 4. The minimum atomic E-state index is 0. The van der Waals surface area contributed by atoms with Gasteiger partial charge in [0.2, 0.25) is 5.95 Å². The van der Waals surface area contributed by atoms with Gasteiger partial charge in [-0.1, -0.05) is 11.6 Å². The van der Waals surface area contributed by atoms with Gasteiger partial charge in [-0.3, -0.25) is 9.78 Å². The number of piperidine rings is 1. The molecule has 7 nitrogen and oxygen atoms in total. The molecule has 1 amide bonds. The summed E-state index contributed by atoms with van der Waals surface area (Å²) in [6.07, 6.45) is 6.65. The van der Waals surface area contributed by atoms with Gasteiger partial charge in [0.25, 0.3) is 5.91 Å². The van der Waals surface area contributed by atoms with Gasteiger partial charge in [-0.2, -0.15) is 0 Å². The Labute approximate surface area is 186 Å². The van der Waals surface area contributed by atoms with Gasteiger partial charge in [-0.05, 0) is 49.2 Å². The van der Waals surface area contributed by atoms with Crippen molar-refractivity contribution in [2.45, 2.75) is 18.9 Å². The van der Waals surface area contributed by atoms with Crippen LogP contribution in [0.2, 0.25) is 5.02 Å². The summed E-state index contributed by atoms with van der Waals surface area (Å²) in [6.45, 7) is 1.34. The Bertz CT molecular complexity index is 992. The molecule has 2 aromatic heterocycles. The lowest BCUT2D eigenvalue weighted by molar-refractivity contribution is 0.0718. The van der Waals surface area contributed by atoms with E-state index in [1.54, 1.807) is 42.9 Å². The Morgan fingerprint density at radius 3 is 2.53 bits per heavy atom. The fraction of sp³-hybridized carbons (Fsp3) is 0.238. The Kier molecular flexibility index (Phi) is 7.07. The lowest BCUT2D eigenvalue weighted by Crippen LogP contribution is -2.42. The van der Waals surface area contributed by atoms with Crippen LogP contribution in [0.15, 0.2) is 55.0 Å². The maximum atomic E-state index is 12.6. The molecular weight excluding hydrogens is 423 g/mol. The molecule has 3 N–H and O–H groups in total. The number of hydrogen-bond donors (Lipinski definition) is 2. The van der Waals surface area contributed by atoms with Crippen LogP contribution in [0.3, 0.4) is 0 Å². The highest BCUT2D eigenvalue weighted by Gasteiger charge is 2.24. The van der Waals surface area contributed by atoms with E-state index < -0.39 is 0 Å². The van der Waals surface area contributed by atoms with E-state index in [0.717, 1.165) is 18.4 Å². The summed E-state index contributed by atoms with van der Waals surface area (Å²) in [5.74, 6) is 0.557. The zero-order chi connectivity index (χ0) is 20.2. The van der Waals surface area contributed by atoms with Crippen molar-refractivity contribution in [2.75, 3.05) is 24.1 Å². The molecule has 30 heavy (non-hydrogen) atoms. The summed E-state index contributed by atoms with van der Waals surface area (Å²) in [6, 6.07) is 11.0. The van der Waals surface area contributed by atoms with Gasteiger partial charge >= 0.3 is 0 Å². The van der Waals surface area contributed by atoms with Crippen LogP contribution in [-0.4, -0.2) is 44.9 Å². The van der Waals surface area contributed by atoms with E-state index in [9.17, 15) is 4.79 Å². The van der Waals surface area contributed by atoms with E-state index in [0.29, 0.717) is 41.0 Å². The summed E-state index contributed by atoms with van der Waals surface area (Å²) in [7, 11) is 0.